The van der Waals surface area contributed by atoms with Crippen molar-refractivity contribution in [3.05, 3.63) is 59.2 Å². The van der Waals surface area contributed by atoms with Gasteiger partial charge < -0.3 is 15.5 Å². The highest BCUT2D eigenvalue weighted by Gasteiger charge is 2.47. The standard InChI is InChI=1S/C17H15NO4/c1-10-6-7-13-12(8-10)17(22,16(21)18-13)9-15(20)11-4-2-3-5-14(11)19/h2-8,19,22H,9H2,1H3,(H,18,21)/t17-/m0/s1. The summed E-state index contributed by atoms with van der Waals surface area (Å²) in [5.41, 5.74) is -0.0567. The van der Waals surface area contributed by atoms with Gasteiger partial charge in [-0.2, -0.15) is 0 Å². The second kappa shape index (κ2) is 4.96. The lowest BCUT2D eigenvalue weighted by atomic mass is 9.87. The molecule has 1 atom stereocenters. The number of benzene rings is 2. The van der Waals surface area contributed by atoms with Crippen molar-refractivity contribution >= 4 is 17.4 Å². The third-order valence-electron chi connectivity index (χ3n) is 3.87. The first-order valence-corrected chi connectivity index (χ1v) is 6.88. The Morgan fingerprint density at radius 3 is 2.68 bits per heavy atom. The van der Waals surface area contributed by atoms with Crippen LogP contribution in [0.25, 0.3) is 0 Å². The van der Waals surface area contributed by atoms with Gasteiger partial charge in [-0.1, -0.05) is 29.8 Å². The van der Waals surface area contributed by atoms with E-state index in [0.717, 1.165) is 5.56 Å². The molecule has 2 aromatic carbocycles. The normalized spacial score (nSPS) is 19.6. The summed E-state index contributed by atoms with van der Waals surface area (Å²) in [6.45, 7) is 1.84. The van der Waals surface area contributed by atoms with E-state index in [2.05, 4.69) is 5.32 Å². The van der Waals surface area contributed by atoms with Crippen LogP contribution in [0.2, 0.25) is 0 Å². The van der Waals surface area contributed by atoms with E-state index in [0.29, 0.717) is 11.3 Å². The third kappa shape index (κ3) is 2.16. The Balaban J connectivity index is 1.98. The van der Waals surface area contributed by atoms with Crippen LogP contribution in [-0.2, 0) is 10.4 Å². The molecule has 1 amide bonds. The highest BCUT2D eigenvalue weighted by atomic mass is 16.3. The number of amides is 1. The van der Waals surface area contributed by atoms with E-state index in [1.165, 1.54) is 12.1 Å². The number of fused-ring (bicyclic) bond motifs is 1. The van der Waals surface area contributed by atoms with Gasteiger partial charge in [0.2, 0.25) is 0 Å². The number of Topliss-reactive ketones (excluding diaryl/α,β-unsaturated/α-hetero) is 1. The van der Waals surface area contributed by atoms with Crippen molar-refractivity contribution in [2.24, 2.45) is 0 Å². The number of rotatable bonds is 3. The molecule has 22 heavy (non-hydrogen) atoms. The average Bonchev–Trinajstić information content (AvgIpc) is 2.71. The van der Waals surface area contributed by atoms with E-state index in [-0.39, 0.29) is 11.3 Å². The number of anilines is 1. The maximum atomic E-state index is 12.4. The molecule has 5 heteroatoms. The summed E-state index contributed by atoms with van der Waals surface area (Å²) >= 11 is 0. The summed E-state index contributed by atoms with van der Waals surface area (Å²) in [5.74, 6) is -1.29. The minimum absolute atomic E-state index is 0.0878. The predicted molar refractivity (Wildman–Crippen MR) is 80.8 cm³/mol. The number of hydrogen-bond donors (Lipinski definition) is 3. The zero-order valence-corrected chi connectivity index (χ0v) is 12.0. The van der Waals surface area contributed by atoms with Crippen molar-refractivity contribution in [3.8, 4) is 5.75 Å². The number of aliphatic hydroxyl groups is 1. The van der Waals surface area contributed by atoms with Gasteiger partial charge in [0.25, 0.3) is 5.91 Å². The molecule has 0 aliphatic carbocycles. The number of carbonyl (C=O) groups is 2. The predicted octanol–water partition coefficient (Wildman–Crippen LogP) is 2.11. The average molecular weight is 297 g/mol. The van der Waals surface area contributed by atoms with Crippen LogP contribution >= 0.6 is 0 Å². The Hall–Kier alpha value is -2.66. The Kier molecular flexibility index (Phi) is 3.22. The van der Waals surface area contributed by atoms with Crippen LogP contribution in [0.4, 0.5) is 5.69 Å². The van der Waals surface area contributed by atoms with Gasteiger partial charge in [-0.25, -0.2) is 0 Å². The Morgan fingerprint density at radius 1 is 1.23 bits per heavy atom. The molecule has 0 fully saturated rings. The lowest BCUT2D eigenvalue weighted by molar-refractivity contribution is -0.133. The van der Waals surface area contributed by atoms with Crippen molar-refractivity contribution < 1.29 is 19.8 Å². The molecule has 0 aromatic heterocycles. The molecule has 1 heterocycles. The van der Waals surface area contributed by atoms with E-state index in [1.807, 2.05) is 13.0 Å². The molecular weight excluding hydrogens is 282 g/mol. The Labute approximate surface area is 127 Å². The first kappa shape index (κ1) is 14.3. The van der Waals surface area contributed by atoms with Crippen LogP contribution in [0.15, 0.2) is 42.5 Å². The van der Waals surface area contributed by atoms with Crippen LogP contribution < -0.4 is 5.32 Å². The minimum Gasteiger partial charge on any atom is -0.507 e. The number of phenols is 1. The largest absolute Gasteiger partial charge is 0.507 e. The molecule has 0 bridgehead atoms. The molecule has 0 unspecified atom stereocenters. The molecule has 0 radical (unpaired) electrons. The number of aromatic hydroxyl groups is 1. The number of carbonyl (C=O) groups excluding carboxylic acids is 2. The summed E-state index contributed by atoms with van der Waals surface area (Å²) in [4.78, 5) is 24.5. The van der Waals surface area contributed by atoms with Crippen molar-refractivity contribution in [3.63, 3.8) is 0 Å². The fourth-order valence-corrected chi connectivity index (χ4v) is 2.67. The topological polar surface area (TPSA) is 86.6 Å². The molecule has 0 spiro atoms. The summed E-state index contributed by atoms with van der Waals surface area (Å²) in [5, 5.41) is 23.1. The SMILES string of the molecule is Cc1ccc2c(c1)[C@@](O)(CC(=O)c1ccccc1O)C(=O)N2. The molecule has 3 N–H and O–H groups in total. The fourth-order valence-electron chi connectivity index (χ4n) is 2.67. The molecule has 2 aromatic rings. The maximum absolute atomic E-state index is 12.4. The van der Waals surface area contributed by atoms with Crippen LogP contribution in [0.1, 0.15) is 27.9 Å². The van der Waals surface area contributed by atoms with Crippen LogP contribution in [0, 0.1) is 6.92 Å². The molecule has 1 aliphatic heterocycles. The van der Waals surface area contributed by atoms with Crippen molar-refractivity contribution in [2.75, 3.05) is 5.32 Å². The van der Waals surface area contributed by atoms with E-state index >= 15 is 0 Å². The zero-order valence-electron chi connectivity index (χ0n) is 12.0. The summed E-state index contributed by atoms with van der Waals surface area (Å²) < 4.78 is 0. The molecule has 112 valence electrons. The smallest absolute Gasteiger partial charge is 0.261 e. The highest BCUT2D eigenvalue weighted by Crippen LogP contribution is 2.40. The first-order valence-electron chi connectivity index (χ1n) is 6.88. The second-order valence-corrected chi connectivity index (χ2v) is 5.48. The van der Waals surface area contributed by atoms with E-state index in [1.54, 1.807) is 24.3 Å². The highest BCUT2D eigenvalue weighted by molar-refractivity contribution is 6.10. The van der Waals surface area contributed by atoms with Gasteiger partial charge in [0.05, 0.1) is 12.0 Å². The van der Waals surface area contributed by atoms with Gasteiger partial charge in [0, 0.05) is 11.3 Å². The number of aryl methyl sites for hydroxylation is 1. The van der Waals surface area contributed by atoms with Gasteiger partial charge in [0.15, 0.2) is 11.4 Å². The quantitative estimate of drug-likeness (QED) is 0.757. The monoisotopic (exact) mass is 297 g/mol. The zero-order chi connectivity index (χ0) is 15.9. The number of ketones is 1. The third-order valence-corrected chi connectivity index (χ3v) is 3.87. The molecule has 3 rings (SSSR count). The van der Waals surface area contributed by atoms with Crippen LogP contribution in [0.5, 0.6) is 5.75 Å². The minimum atomic E-state index is -1.92. The number of para-hydroxylation sites is 1. The number of hydrogen-bond acceptors (Lipinski definition) is 4. The summed E-state index contributed by atoms with van der Waals surface area (Å²) in [7, 11) is 0. The summed E-state index contributed by atoms with van der Waals surface area (Å²) in [6, 6.07) is 11.3. The molecule has 0 saturated heterocycles. The fraction of sp³-hybridized carbons (Fsp3) is 0.176. The van der Waals surface area contributed by atoms with Gasteiger partial charge in [-0.15, -0.1) is 0 Å². The Bertz CT molecular complexity index is 784. The Morgan fingerprint density at radius 2 is 1.95 bits per heavy atom. The summed E-state index contributed by atoms with van der Waals surface area (Å²) in [6.07, 6.45) is -0.424. The molecule has 0 saturated carbocycles. The second-order valence-electron chi connectivity index (χ2n) is 5.48. The lowest BCUT2D eigenvalue weighted by Crippen LogP contribution is -2.36. The van der Waals surface area contributed by atoms with E-state index in [9.17, 15) is 19.8 Å². The van der Waals surface area contributed by atoms with Crippen LogP contribution in [0.3, 0.4) is 0 Å². The van der Waals surface area contributed by atoms with Gasteiger partial charge in [0.1, 0.15) is 5.75 Å². The first-order chi connectivity index (χ1) is 10.4. The molecule has 1 aliphatic rings. The van der Waals surface area contributed by atoms with Crippen molar-refractivity contribution in [1.82, 2.24) is 0 Å². The van der Waals surface area contributed by atoms with Crippen LogP contribution in [-0.4, -0.2) is 21.9 Å². The van der Waals surface area contributed by atoms with Gasteiger partial charge in [-0.05, 0) is 25.1 Å². The molecular formula is C17H15NO4. The van der Waals surface area contributed by atoms with E-state index in [4.69, 9.17) is 0 Å². The number of nitrogens with one attached hydrogen (secondary N) is 1. The van der Waals surface area contributed by atoms with Crippen molar-refractivity contribution in [2.45, 2.75) is 18.9 Å². The van der Waals surface area contributed by atoms with Gasteiger partial charge >= 0.3 is 0 Å². The lowest BCUT2D eigenvalue weighted by Gasteiger charge is -2.20. The molecule has 5 nitrogen and oxygen atoms in total. The maximum Gasteiger partial charge on any atom is 0.261 e. The van der Waals surface area contributed by atoms with Gasteiger partial charge in [-0.3, -0.25) is 9.59 Å². The van der Waals surface area contributed by atoms with E-state index < -0.39 is 23.7 Å². The number of phenolic OH excluding ortho intramolecular Hbond substituents is 1. The van der Waals surface area contributed by atoms with Crippen molar-refractivity contribution in [1.29, 1.82) is 0 Å².